The number of nitrogens with zero attached hydrogens (tertiary/aromatic N) is 1. The van der Waals surface area contributed by atoms with Crippen LogP contribution in [-0.4, -0.2) is 36.6 Å². The largest absolute Gasteiger partial charge is 0.493 e. The fourth-order valence-corrected chi connectivity index (χ4v) is 2.96. The van der Waals surface area contributed by atoms with Crippen molar-refractivity contribution in [3.8, 4) is 11.5 Å². The fraction of sp³-hybridized carbons (Fsp3) is 0.227. The molecule has 2 aromatic carbocycles. The fourth-order valence-electron chi connectivity index (χ4n) is 2.96. The minimum atomic E-state index is -0.400. The molecule has 0 atom stereocenters. The first-order valence-corrected chi connectivity index (χ1v) is 9.45. The molecule has 0 spiro atoms. The number of ketones is 1. The predicted molar refractivity (Wildman–Crippen MR) is 112 cm³/mol. The van der Waals surface area contributed by atoms with E-state index in [0.29, 0.717) is 40.1 Å². The number of Topliss-reactive ketones (excluding diaryl/α,β-unsaturated/α-hetero) is 1. The first-order chi connectivity index (χ1) is 14.5. The summed E-state index contributed by atoms with van der Waals surface area (Å²) in [5.41, 5.74) is 3.84. The highest BCUT2D eigenvalue weighted by Gasteiger charge is 2.13. The molecule has 1 heterocycles. The Kier molecular flexibility index (Phi) is 6.79. The van der Waals surface area contributed by atoms with Crippen molar-refractivity contribution < 1.29 is 23.5 Å². The number of carbonyl (C=O) groups is 2. The lowest BCUT2D eigenvalue weighted by Crippen LogP contribution is -2.18. The molecule has 0 aliphatic rings. The van der Waals surface area contributed by atoms with Crippen LogP contribution in [-0.2, 0) is 4.79 Å². The molecular formula is C22H22FN3O4. The molecule has 1 amide bonds. The summed E-state index contributed by atoms with van der Waals surface area (Å²) >= 11 is 0. The van der Waals surface area contributed by atoms with Crippen molar-refractivity contribution in [1.29, 1.82) is 0 Å². The second-order valence-electron chi connectivity index (χ2n) is 6.42. The summed E-state index contributed by atoms with van der Waals surface area (Å²) in [4.78, 5) is 27.2. The number of hydrogen-bond acceptors (Lipinski definition) is 5. The van der Waals surface area contributed by atoms with Gasteiger partial charge in [-0.05, 0) is 31.2 Å². The minimum Gasteiger partial charge on any atom is -0.493 e. The lowest BCUT2D eigenvalue weighted by Gasteiger charge is -2.10. The van der Waals surface area contributed by atoms with Gasteiger partial charge in [-0.1, -0.05) is 12.1 Å². The maximum absolute atomic E-state index is 13.7. The van der Waals surface area contributed by atoms with Crippen molar-refractivity contribution >= 4 is 28.8 Å². The molecule has 0 unspecified atom stereocenters. The molecule has 2 N–H and O–H groups in total. The number of hydrazone groups is 1. The number of carbonyl (C=O) groups excluding carboxylic acids is 2. The molecule has 0 aliphatic heterocycles. The Morgan fingerprint density at radius 1 is 1.20 bits per heavy atom. The summed E-state index contributed by atoms with van der Waals surface area (Å²) in [5, 5.41) is 4.55. The van der Waals surface area contributed by atoms with E-state index in [9.17, 15) is 14.0 Å². The third kappa shape index (κ3) is 4.83. The number of halogens is 1. The third-order valence-electron chi connectivity index (χ3n) is 4.45. The maximum Gasteiger partial charge on any atom is 0.240 e. The number of ether oxygens (including phenoxy) is 2. The number of hydrogen-bond donors (Lipinski definition) is 2. The molecule has 0 saturated heterocycles. The number of para-hydroxylation sites is 1. The molecule has 1 aromatic heterocycles. The van der Waals surface area contributed by atoms with E-state index >= 15 is 0 Å². The summed E-state index contributed by atoms with van der Waals surface area (Å²) in [6.07, 6.45) is 3.03. The number of benzene rings is 2. The summed E-state index contributed by atoms with van der Waals surface area (Å²) in [7, 11) is 1.50. The number of nitrogens with one attached hydrogen (secondary N) is 2. The van der Waals surface area contributed by atoms with Gasteiger partial charge < -0.3 is 14.5 Å². The number of rotatable bonds is 9. The van der Waals surface area contributed by atoms with Crippen molar-refractivity contribution in [2.24, 2.45) is 5.10 Å². The van der Waals surface area contributed by atoms with Gasteiger partial charge in [-0.25, -0.2) is 9.82 Å². The van der Waals surface area contributed by atoms with Gasteiger partial charge in [0, 0.05) is 35.6 Å². The molecule has 3 rings (SSSR count). The molecule has 30 heavy (non-hydrogen) atoms. The van der Waals surface area contributed by atoms with E-state index in [0.717, 1.165) is 0 Å². The van der Waals surface area contributed by atoms with Crippen LogP contribution in [0.1, 0.15) is 35.7 Å². The predicted octanol–water partition coefficient (Wildman–Crippen LogP) is 3.83. The molecule has 3 aromatic rings. The van der Waals surface area contributed by atoms with E-state index in [-0.39, 0.29) is 24.4 Å². The Balaban J connectivity index is 1.54. The van der Waals surface area contributed by atoms with Gasteiger partial charge >= 0.3 is 0 Å². The quantitative estimate of drug-likeness (QED) is 0.318. The molecule has 156 valence electrons. The zero-order chi connectivity index (χ0) is 21.5. The van der Waals surface area contributed by atoms with Gasteiger partial charge in [0.2, 0.25) is 5.91 Å². The van der Waals surface area contributed by atoms with Crippen LogP contribution >= 0.6 is 0 Å². The number of methoxy groups -OCH3 is 1. The molecule has 0 saturated carbocycles. The van der Waals surface area contributed by atoms with Crippen LogP contribution in [0.25, 0.3) is 10.9 Å². The van der Waals surface area contributed by atoms with Gasteiger partial charge in [0.05, 0.1) is 25.4 Å². The van der Waals surface area contributed by atoms with Gasteiger partial charge in [0.25, 0.3) is 0 Å². The summed E-state index contributed by atoms with van der Waals surface area (Å²) in [6, 6.07) is 9.62. The van der Waals surface area contributed by atoms with E-state index in [1.165, 1.54) is 19.4 Å². The van der Waals surface area contributed by atoms with E-state index in [1.54, 1.807) is 36.5 Å². The van der Waals surface area contributed by atoms with E-state index < -0.39 is 5.91 Å². The second-order valence-corrected chi connectivity index (χ2v) is 6.42. The lowest BCUT2D eigenvalue weighted by molar-refractivity contribution is -0.121. The van der Waals surface area contributed by atoms with Gasteiger partial charge in [0.1, 0.15) is 5.82 Å². The molecule has 8 heteroatoms. The van der Waals surface area contributed by atoms with Gasteiger partial charge in [-0.3, -0.25) is 9.59 Å². The number of amides is 1. The maximum atomic E-state index is 13.7. The molecule has 0 aliphatic carbocycles. The first kappa shape index (κ1) is 21.0. The van der Waals surface area contributed by atoms with Crippen LogP contribution in [0.2, 0.25) is 0 Å². The van der Waals surface area contributed by atoms with Gasteiger partial charge in [0.15, 0.2) is 17.3 Å². The lowest BCUT2D eigenvalue weighted by atomic mass is 10.1. The minimum absolute atomic E-state index is 0.0196. The average molecular weight is 411 g/mol. The normalized spacial score (nSPS) is 11.0. The third-order valence-corrected chi connectivity index (χ3v) is 4.45. The standard InChI is InChI=1S/C22H22FN3O4/c1-3-30-19-9-7-14(11-20(19)29-2)18(27)8-10-21(28)26-25-13-15-12-24-22-16(15)5-4-6-17(22)23/h4-7,9,11-13,24H,3,8,10H2,1-2H3,(H,26,28)/b25-13+. The zero-order valence-corrected chi connectivity index (χ0v) is 16.7. The molecule has 7 nitrogen and oxygen atoms in total. The monoisotopic (exact) mass is 411 g/mol. The molecule has 0 bridgehead atoms. The number of H-pyrrole nitrogens is 1. The van der Waals surface area contributed by atoms with Gasteiger partial charge in [-0.15, -0.1) is 0 Å². The summed E-state index contributed by atoms with van der Waals surface area (Å²) in [5.74, 6) is 0.0689. The van der Waals surface area contributed by atoms with Crippen molar-refractivity contribution in [1.82, 2.24) is 10.4 Å². The van der Waals surface area contributed by atoms with E-state index in [1.807, 2.05) is 6.92 Å². The van der Waals surface area contributed by atoms with E-state index in [2.05, 4.69) is 15.5 Å². The van der Waals surface area contributed by atoms with Crippen LogP contribution in [0.3, 0.4) is 0 Å². The first-order valence-electron chi connectivity index (χ1n) is 9.45. The highest BCUT2D eigenvalue weighted by atomic mass is 19.1. The zero-order valence-electron chi connectivity index (χ0n) is 16.7. The Labute approximate surface area is 172 Å². The second kappa shape index (κ2) is 9.69. The number of aromatic amines is 1. The number of aromatic nitrogens is 1. The van der Waals surface area contributed by atoms with Crippen molar-refractivity contribution in [2.45, 2.75) is 19.8 Å². The van der Waals surface area contributed by atoms with Crippen LogP contribution < -0.4 is 14.9 Å². The van der Waals surface area contributed by atoms with Crippen LogP contribution in [0, 0.1) is 5.82 Å². The Hall–Kier alpha value is -3.68. The van der Waals surface area contributed by atoms with E-state index in [4.69, 9.17) is 9.47 Å². The highest BCUT2D eigenvalue weighted by Crippen LogP contribution is 2.28. The number of fused-ring (bicyclic) bond motifs is 1. The Bertz CT molecular complexity index is 1090. The van der Waals surface area contributed by atoms with Crippen LogP contribution in [0.4, 0.5) is 4.39 Å². The summed E-state index contributed by atoms with van der Waals surface area (Å²) < 4.78 is 24.4. The van der Waals surface area contributed by atoms with Crippen molar-refractivity contribution in [3.63, 3.8) is 0 Å². The summed E-state index contributed by atoms with van der Waals surface area (Å²) in [6.45, 7) is 2.34. The Morgan fingerprint density at radius 3 is 2.80 bits per heavy atom. The van der Waals surface area contributed by atoms with Gasteiger partial charge in [-0.2, -0.15) is 5.10 Å². The highest BCUT2D eigenvalue weighted by molar-refractivity contribution is 6.00. The average Bonchev–Trinajstić information content (AvgIpc) is 3.17. The van der Waals surface area contributed by atoms with Crippen molar-refractivity contribution in [3.05, 3.63) is 59.5 Å². The van der Waals surface area contributed by atoms with Crippen LogP contribution in [0.5, 0.6) is 11.5 Å². The van der Waals surface area contributed by atoms with Crippen molar-refractivity contribution in [2.75, 3.05) is 13.7 Å². The topological polar surface area (TPSA) is 92.8 Å². The molecular weight excluding hydrogens is 389 g/mol. The smallest absolute Gasteiger partial charge is 0.240 e. The molecule has 0 fully saturated rings. The van der Waals surface area contributed by atoms with Crippen LogP contribution in [0.15, 0.2) is 47.7 Å². The molecule has 0 radical (unpaired) electrons. The Morgan fingerprint density at radius 2 is 2.03 bits per heavy atom. The SMILES string of the molecule is CCOc1ccc(C(=O)CCC(=O)N/N=C/c2c[nH]c3c(F)cccc23)cc1OC.